The number of aryl methyl sites for hydroxylation is 1. The lowest BCUT2D eigenvalue weighted by Gasteiger charge is -2.03. The van der Waals surface area contributed by atoms with E-state index in [9.17, 15) is 0 Å². The van der Waals surface area contributed by atoms with Crippen LogP contribution in [-0.2, 0) is 6.42 Å². The third-order valence-electron chi connectivity index (χ3n) is 1.63. The topological polar surface area (TPSA) is 0 Å². The van der Waals surface area contributed by atoms with Gasteiger partial charge < -0.3 is 0 Å². The predicted molar refractivity (Wildman–Crippen MR) is 47.1 cm³/mol. The third-order valence-corrected chi connectivity index (χ3v) is 2.34. The molecule has 0 fully saturated rings. The van der Waals surface area contributed by atoms with Gasteiger partial charge in [-0.25, -0.2) is 0 Å². The van der Waals surface area contributed by atoms with E-state index in [1.807, 2.05) is 12.1 Å². The monoisotopic (exact) mass is 197 g/mol. The fourth-order valence-electron chi connectivity index (χ4n) is 1.05. The fourth-order valence-corrected chi connectivity index (χ4v) is 1.78. The summed E-state index contributed by atoms with van der Waals surface area (Å²) in [4.78, 5) is 0. The molecule has 0 N–H and O–H groups in total. The number of halogens is 1. The standard InChI is InChI=1S/C9H10Br/c1-3-8-7(2)5-4-6-9(8)10/h5-6H,3H2,1-2H3. The van der Waals surface area contributed by atoms with Gasteiger partial charge in [0.25, 0.3) is 0 Å². The maximum atomic E-state index is 3.48. The van der Waals surface area contributed by atoms with Crippen LogP contribution in [0.5, 0.6) is 0 Å². The zero-order valence-electron chi connectivity index (χ0n) is 6.24. The van der Waals surface area contributed by atoms with Crippen molar-refractivity contribution in [3.63, 3.8) is 0 Å². The molecule has 1 radical (unpaired) electrons. The van der Waals surface area contributed by atoms with Crippen LogP contribution in [0.1, 0.15) is 18.1 Å². The van der Waals surface area contributed by atoms with E-state index in [0.717, 1.165) is 6.42 Å². The van der Waals surface area contributed by atoms with E-state index in [0.29, 0.717) is 0 Å². The molecular formula is C9H10Br. The van der Waals surface area contributed by atoms with Gasteiger partial charge >= 0.3 is 0 Å². The first-order chi connectivity index (χ1) is 4.75. The molecule has 0 saturated carbocycles. The predicted octanol–water partition coefficient (Wildman–Crippen LogP) is 3.12. The minimum Gasteiger partial charge on any atom is -0.0612 e. The van der Waals surface area contributed by atoms with Crippen molar-refractivity contribution in [2.75, 3.05) is 0 Å². The van der Waals surface area contributed by atoms with Crippen LogP contribution in [0.3, 0.4) is 0 Å². The summed E-state index contributed by atoms with van der Waals surface area (Å²) in [5.41, 5.74) is 2.70. The highest BCUT2D eigenvalue weighted by Crippen LogP contribution is 2.19. The summed E-state index contributed by atoms with van der Waals surface area (Å²) in [6, 6.07) is 7.04. The van der Waals surface area contributed by atoms with Crippen LogP contribution in [0, 0.1) is 13.0 Å². The lowest BCUT2D eigenvalue weighted by Crippen LogP contribution is -1.86. The number of benzene rings is 1. The molecule has 1 aromatic rings. The molecular weight excluding hydrogens is 188 g/mol. The highest BCUT2D eigenvalue weighted by Gasteiger charge is 1.98. The van der Waals surface area contributed by atoms with Gasteiger partial charge in [0.15, 0.2) is 0 Å². The SMILES string of the molecule is CCc1c(C)c[c]cc1Br. The minimum atomic E-state index is 1.08. The quantitative estimate of drug-likeness (QED) is 0.650. The molecule has 0 atom stereocenters. The molecule has 1 rings (SSSR count). The summed E-state index contributed by atoms with van der Waals surface area (Å²) >= 11 is 3.48. The zero-order chi connectivity index (χ0) is 7.56. The third kappa shape index (κ3) is 1.40. The van der Waals surface area contributed by atoms with Crippen LogP contribution in [-0.4, -0.2) is 0 Å². The van der Waals surface area contributed by atoms with E-state index in [-0.39, 0.29) is 0 Å². The Bertz CT molecular complexity index is 208. The van der Waals surface area contributed by atoms with Gasteiger partial charge in [-0.1, -0.05) is 28.9 Å². The van der Waals surface area contributed by atoms with E-state index >= 15 is 0 Å². The molecule has 0 nitrogen and oxygen atoms in total. The van der Waals surface area contributed by atoms with E-state index in [1.165, 1.54) is 15.6 Å². The van der Waals surface area contributed by atoms with Gasteiger partial charge in [-0.05, 0) is 36.6 Å². The maximum absolute atomic E-state index is 3.48. The molecule has 0 unspecified atom stereocenters. The molecule has 0 aliphatic heterocycles. The molecule has 0 aromatic heterocycles. The molecule has 0 spiro atoms. The van der Waals surface area contributed by atoms with Crippen molar-refractivity contribution < 1.29 is 0 Å². The lowest BCUT2D eigenvalue weighted by molar-refractivity contribution is 1.10. The number of hydrogen-bond donors (Lipinski definition) is 0. The smallest absolute Gasteiger partial charge is 0.0216 e. The molecule has 0 aliphatic rings. The van der Waals surface area contributed by atoms with Gasteiger partial charge in [-0.15, -0.1) is 0 Å². The van der Waals surface area contributed by atoms with Crippen molar-refractivity contribution in [3.8, 4) is 0 Å². The minimum absolute atomic E-state index is 1.08. The number of rotatable bonds is 1. The van der Waals surface area contributed by atoms with E-state index in [2.05, 4.69) is 35.8 Å². The lowest BCUT2D eigenvalue weighted by atomic mass is 10.1. The Hall–Kier alpha value is -0.300. The average molecular weight is 198 g/mol. The summed E-state index contributed by atoms with van der Waals surface area (Å²) in [5, 5.41) is 0. The first-order valence-corrected chi connectivity index (χ1v) is 4.20. The van der Waals surface area contributed by atoms with Crippen molar-refractivity contribution >= 4 is 15.9 Å². The summed E-state index contributed by atoms with van der Waals surface area (Å²) in [5.74, 6) is 0. The average Bonchev–Trinajstić information content (AvgIpc) is 1.88. The molecule has 53 valence electrons. The van der Waals surface area contributed by atoms with Crippen molar-refractivity contribution in [3.05, 3.63) is 33.8 Å². The van der Waals surface area contributed by atoms with Gasteiger partial charge in [0, 0.05) is 4.47 Å². The van der Waals surface area contributed by atoms with E-state index < -0.39 is 0 Å². The Balaban J connectivity index is 3.17. The summed E-state index contributed by atoms with van der Waals surface area (Å²) in [6.45, 7) is 4.27. The molecule has 0 saturated heterocycles. The summed E-state index contributed by atoms with van der Waals surface area (Å²) in [6.07, 6.45) is 1.08. The first kappa shape index (κ1) is 7.80. The van der Waals surface area contributed by atoms with Gasteiger partial charge in [-0.2, -0.15) is 0 Å². The Kier molecular flexibility index (Phi) is 2.50. The molecule has 1 heteroatoms. The van der Waals surface area contributed by atoms with Crippen LogP contribution in [0.4, 0.5) is 0 Å². The van der Waals surface area contributed by atoms with Crippen LogP contribution < -0.4 is 0 Å². The van der Waals surface area contributed by atoms with E-state index in [1.54, 1.807) is 0 Å². The van der Waals surface area contributed by atoms with Crippen LogP contribution in [0.2, 0.25) is 0 Å². The highest BCUT2D eigenvalue weighted by molar-refractivity contribution is 9.10. The van der Waals surface area contributed by atoms with Crippen LogP contribution in [0.25, 0.3) is 0 Å². The Morgan fingerprint density at radius 2 is 2.20 bits per heavy atom. The van der Waals surface area contributed by atoms with Gasteiger partial charge in [-0.3, -0.25) is 0 Å². The van der Waals surface area contributed by atoms with Crippen molar-refractivity contribution in [2.24, 2.45) is 0 Å². The van der Waals surface area contributed by atoms with Crippen LogP contribution in [0.15, 0.2) is 16.6 Å². The molecule has 0 amide bonds. The summed E-state index contributed by atoms with van der Waals surface area (Å²) in [7, 11) is 0. The van der Waals surface area contributed by atoms with Crippen molar-refractivity contribution in [1.29, 1.82) is 0 Å². The molecule has 1 aromatic carbocycles. The molecule has 0 heterocycles. The van der Waals surface area contributed by atoms with Gasteiger partial charge in [0.2, 0.25) is 0 Å². The first-order valence-electron chi connectivity index (χ1n) is 3.40. The van der Waals surface area contributed by atoms with Crippen molar-refractivity contribution in [2.45, 2.75) is 20.3 Å². The highest BCUT2D eigenvalue weighted by atomic mass is 79.9. The largest absolute Gasteiger partial charge is 0.0612 e. The second-order valence-corrected chi connectivity index (χ2v) is 3.17. The maximum Gasteiger partial charge on any atom is 0.0216 e. The zero-order valence-corrected chi connectivity index (χ0v) is 7.83. The second kappa shape index (κ2) is 3.20. The normalized spacial score (nSPS) is 9.90. The van der Waals surface area contributed by atoms with Gasteiger partial charge in [0.05, 0.1) is 0 Å². The Morgan fingerprint density at radius 1 is 1.50 bits per heavy atom. The van der Waals surface area contributed by atoms with E-state index in [4.69, 9.17) is 0 Å². The summed E-state index contributed by atoms with van der Waals surface area (Å²) < 4.78 is 1.18. The Labute approximate surface area is 70.4 Å². The molecule has 10 heavy (non-hydrogen) atoms. The van der Waals surface area contributed by atoms with Crippen LogP contribution >= 0.6 is 15.9 Å². The fraction of sp³-hybridized carbons (Fsp3) is 0.333. The second-order valence-electron chi connectivity index (χ2n) is 2.32. The number of hydrogen-bond acceptors (Lipinski definition) is 0. The van der Waals surface area contributed by atoms with Gasteiger partial charge in [0.1, 0.15) is 0 Å². The van der Waals surface area contributed by atoms with Crippen molar-refractivity contribution in [1.82, 2.24) is 0 Å². The molecule has 0 aliphatic carbocycles. The Morgan fingerprint density at radius 3 is 2.60 bits per heavy atom. The molecule has 0 bridgehead atoms.